The molecule has 0 aliphatic carbocycles. The summed E-state index contributed by atoms with van der Waals surface area (Å²) < 4.78 is 1.86. The summed E-state index contributed by atoms with van der Waals surface area (Å²) in [5.41, 5.74) is 0. The zero-order valence-corrected chi connectivity index (χ0v) is 12.6. The highest BCUT2D eigenvalue weighted by molar-refractivity contribution is 5.81. The number of hydrogen-bond donors (Lipinski definition) is 1. The first-order chi connectivity index (χ1) is 9.01. The maximum atomic E-state index is 12.1. The van der Waals surface area contributed by atoms with Crippen molar-refractivity contribution in [2.24, 2.45) is 0 Å². The van der Waals surface area contributed by atoms with Gasteiger partial charge in [-0.25, -0.2) is 9.67 Å². The van der Waals surface area contributed by atoms with Crippen LogP contribution in [0.4, 0.5) is 0 Å². The van der Waals surface area contributed by atoms with Crippen LogP contribution >= 0.6 is 0 Å². The van der Waals surface area contributed by atoms with Crippen LogP contribution in [0.25, 0.3) is 0 Å². The van der Waals surface area contributed by atoms with Crippen LogP contribution in [-0.2, 0) is 11.3 Å². The number of rotatable bonds is 7. The van der Waals surface area contributed by atoms with Gasteiger partial charge < -0.3 is 4.90 Å². The molecule has 1 N–H and O–H groups in total. The minimum absolute atomic E-state index is 0.126. The Morgan fingerprint density at radius 3 is 2.53 bits per heavy atom. The molecule has 19 heavy (non-hydrogen) atoms. The molecule has 0 fully saturated rings. The number of likely N-dealkylation sites (N-methyl/N-ethyl adjacent to an activating group) is 1. The smallest absolute Gasteiger partial charge is 0.239 e. The van der Waals surface area contributed by atoms with Crippen LogP contribution in [0.3, 0.4) is 0 Å². The number of amides is 1. The summed E-state index contributed by atoms with van der Waals surface area (Å²) in [5.74, 6) is 0.981. The predicted octanol–water partition coefficient (Wildman–Crippen LogP) is 1.21. The minimum Gasteiger partial charge on any atom is -0.342 e. The lowest BCUT2D eigenvalue weighted by Gasteiger charge is -2.23. The minimum atomic E-state index is -0.211. The molecule has 1 heterocycles. The molecule has 1 amide bonds. The quantitative estimate of drug-likeness (QED) is 0.806. The van der Waals surface area contributed by atoms with Gasteiger partial charge in [-0.15, -0.1) is 0 Å². The highest BCUT2D eigenvalue weighted by Crippen LogP contribution is 2.05. The van der Waals surface area contributed by atoms with E-state index in [1.54, 1.807) is 6.33 Å². The Kier molecular flexibility index (Phi) is 5.95. The van der Waals surface area contributed by atoms with Crippen LogP contribution in [0.5, 0.6) is 0 Å². The van der Waals surface area contributed by atoms with Gasteiger partial charge in [-0.2, -0.15) is 5.10 Å². The largest absolute Gasteiger partial charge is 0.342 e. The lowest BCUT2D eigenvalue weighted by atomic mass is 10.2. The maximum Gasteiger partial charge on any atom is 0.239 e. The second-order valence-electron chi connectivity index (χ2n) is 4.83. The molecule has 0 aromatic carbocycles. The number of nitrogens with one attached hydrogen (secondary N) is 1. The normalized spacial score (nSPS) is 12.7. The van der Waals surface area contributed by atoms with Gasteiger partial charge in [0.1, 0.15) is 12.2 Å². The third kappa shape index (κ3) is 4.02. The van der Waals surface area contributed by atoms with Crippen LogP contribution < -0.4 is 5.32 Å². The number of nitrogens with zero attached hydrogens (tertiary/aromatic N) is 4. The third-order valence-corrected chi connectivity index (χ3v) is 3.15. The van der Waals surface area contributed by atoms with Crippen LogP contribution in [0, 0.1) is 0 Å². The van der Waals surface area contributed by atoms with Crippen molar-refractivity contribution < 1.29 is 4.79 Å². The monoisotopic (exact) mass is 267 g/mol. The van der Waals surface area contributed by atoms with E-state index in [-0.39, 0.29) is 18.0 Å². The Morgan fingerprint density at radius 1 is 1.37 bits per heavy atom. The predicted molar refractivity (Wildman–Crippen MR) is 74.6 cm³/mol. The van der Waals surface area contributed by atoms with Gasteiger partial charge in [-0.3, -0.25) is 10.1 Å². The molecule has 1 atom stereocenters. The van der Waals surface area contributed by atoms with E-state index in [4.69, 9.17) is 0 Å². The van der Waals surface area contributed by atoms with E-state index in [1.807, 2.05) is 30.4 Å². The molecule has 1 aromatic heterocycles. The van der Waals surface area contributed by atoms with E-state index >= 15 is 0 Å². The van der Waals surface area contributed by atoms with Crippen molar-refractivity contribution in [2.45, 2.75) is 53.2 Å². The second kappa shape index (κ2) is 7.23. The zero-order valence-electron chi connectivity index (χ0n) is 12.6. The van der Waals surface area contributed by atoms with Gasteiger partial charge in [0.25, 0.3) is 0 Å². The Bertz CT molecular complexity index is 397. The fourth-order valence-electron chi connectivity index (χ4n) is 1.97. The maximum absolute atomic E-state index is 12.1. The molecule has 6 nitrogen and oxygen atoms in total. The standard InChI is InChI=1S/C13H25N5O/c1-6-17(7-2)13(19)11(5)14-8-12-15-9-16-18(12)10(3)4/h9-11,14H,6-8H2,1-5H3. The summed E-state index contributed by atoms with van der Waals surface area (Å²) in [6, 6.07) is 0.0605. The summed E-state index contributed by atoms with van der Waals surface area (Å²) in [7, 11) is 0. The first kappa shape index (κ1) is 15.6. The third-order valence-electron chi connectivity index (χ3n) is 3.15. The summed E-state index contributed by atoms with van der Waals surface area (Å²) >= 11 is 0. The lowest BCUT2D eigenvalue weighted by Crippen LogP contribution is -2.44. The molecule has 108 valence electrons. The van der Waals surface area contributed by atoms with Crippen molar-refractivity contribution in [3.8, 4) is 0 Å². The fraction of sp³-hybridized carbons (Fsp3) is 0.769. The Morgan fingerprint density at radius 2 is 2.00 bits per heavy atom. The van der Waals surface area contributed by atoms with E-state index in [0.717, 1.165) is 18.9 Å². The van der Waals surface area contributed by atoms with Gasteiger partial charge >= 0.3 is 0 Å². The first-order valence-electron chi connectivity index (χ1n) is 6.91. The van der Waals surface area contributed by atoms with Crippen LogP contribution in [0.2, 0.25) is 0 Å². The van der Waals surface area contributed by atoms with Gasteiger partial charge in [-0.05, 0) is 34.6 Å². The summed E-state index contributed by atoms with van der Waals surface area (Å²) in [5, 5.41) is 7.39. The van der Waals surface area contributed by atoms with Crippen molar-refractivity contribution in [3.63, 3.8) is 0 Å². The van der Waals surface area contributed by atoms with Crippen molar-refractivity contribution in [1.82, 2.24) is 25.0 Å². The van der Waals surface area contributed by atoms with E-state index in [1.165, 1.54) is 0 Å². The van der Waals surface area contributed by atoms with Gasteiger partial charge in [-0.1, -0.05) is 0 Å². The van der Waals surface area contributed by atoms with Crippen molar-refractivity contribution in [1.29, 1.82) is 0 Å². The molecule has 1 rings (SSSR count). The van der Waals surface area contributed by atoms with Crippen molar-refractivity contribution in [2.75, 3.05) is 13.1 Å². The van der Waals surface area contributed by atoms with Gasteiger partial charge in [0.05, 0.1) is 12.6 Å². The number of carbonyl (C=O) groups excluding carboxylic acids is 1. The molecular formula is C13H25N5O. The Labute approximate surface area is 115 Å². The van der Waals surface area contributed by atoms with Crippen LogP contribution in [0.1, 0.15) is 46.5 Å². The lowest BCUT2D eigenvalue weighted by molar-refractivity contribution is -0.132. The van der Waals surface area contributed by atoms with Crippen LogP contribution in [0.15, 0.2) is 6.33 Å². The molecule has 0 bridgehead atoms. The van der Waals surface area contributed by atoms with Gasteiger partial charge in [0, 0.05) is 19.1 Å². The molecule has 0 saturated heterocycles. The first-order valence-corrected chi connectivity index (χ1v) is 6.91. The molecule has 1 aromatic rings. The van der Waals surface area contributed by atoms with Crippen molar-refractivity contribution >= 4 is 5.91 Å². The molecule has 1 unspecified atom stereocenters. The topological polar surface area (TPSA) is 63.1 Å². The number of aromatic nitrogens is 3. The second-order valence-corrected chi connectivity index (χ2v) is 4.83. The highest BCUT2D eigenvalue weighted by atomic mass is 16.2. The van der Waals surface area contributed by atoms with E-state index in [0.29, 0.717) is 6.54 Å². The average molecular weight is 267 g/mol. The van der Waals surface area contributed by atoms with Gasteiger partial charge in [0.15, 0.2) is 0 Å². The Hall–Kier alpha value is -1.43. The fourth-order valence-corrected chi connectivity index (χ4v) is 1.97. The Balaban J connectivity index is 2.56. The van der Waals surface area contributed by atoms with E-state index < -0.39 is 0 Å². The molecule has 6 heteroatoms. The summed E-state index contributed by atoms with van der Waals surface area (Å²) in [4.78, 5) is 18.1. The molecule has 0 radical (unpaired) electrons. The van der Waals surface area contributed by atoms with Crippen molar-refractivity contribution in [3.05, 3.63) is 12.2 Å². The average Bonchev–Trinajstić information content (AvgIpc) is 2.85. The van der Waals surface area contributed by atoms with E-state index in [2.05, 4.69) is 29.2 Å². The molecule has 0 aliphatic rings. The summed E-state index contributed by atoms with van der Waals surface area (Å²) in [6.45, 7) is 12.0. The number of carbonyl (C=O) groups is 1. The highest BCUT2D eigenvalue weighted by Gasteiger charge is 2.18. The SMILES string of the molecule is CCN(CC)C(=O)C(C)NCc1ncnn1C(C)C. The van der Waals surface area contributed by atoms with E-state index in [9.17, 15) is 4.79 Å². The zero-order chi connectivity index (χ0) is 14.4. The van der Waals surface area contributed by atoms with Crippen LogP contribution in [-0.4, -0.2) is 44.7 Å². The number of hydrogen-bond acceptors (Lipinski definition) is 4. The summed E-state index contributed by atoms with van der Waals surface area (Å²) in [6.07, 6.45) is 1.55. The molecule has 0 aliphatic heterocycles. The molecule has 0 saturated carbocycles. The van der Waals surface area contributed by atoms with Gasteiger partial charge in [0.2, 0.25) is 5.91 Å². The molecule has 0 spiro atoms. The molecular weight excluding hydrogens is 242 g/mol.